The molecule has 2 heterocycles. The lowest BCUT2D eigenvalue weighted by Gasteiger charge is -2.28. The number of allylic oxidation sites excluding steroid dienone is 1. The number of ether oxygens (including phenoxy) is 1. The molecule has 35 heavy (non-hydrogen) atoms. The quantitative estimate of drug-likeness (QED) is 0.251. The summed E-state index contributed by atoms with van der Waals surface area (Å²) in [7, 11) is 2.19. The molecule has 7 nitrogen and oxygen atoms in total. The minimum Gasteiger partial charge on any atom is -0.491 e. The summed E-state index contributed by atoms with van der Waals surface area (Å²) in [5.41, 5.74) is 2.24. The molecule has 0 saturated carbocycles. The molecule has 0 radical (unpaired) electrons. The molecule has 2 aromatic carbocycles. The molecule has 1 aromatic heterocycles. The molecule has 1 amide bonds. The van der Waals surface area contributed by atoms with Crippen LogP contribution in [0.4, 0.5) is 17.2 Å². The van der Waals surface area contributed by atoms with Gasteiger partial charge in [-0.2, -0.15) is 0 Å². The first kappa shape index (κ1) is 25.1. The molecule has 1 aliphatic rings. The lowest BCUT2D eigenvalue weighted by Crippen LogP contribution is -2.30. The van der Waals surface area contributed by atoms with E-state index in [0.29, 0.717) is 23.9 Å². The minimum atomic E-state index is -0.207. The average Bonchev–Trinajstić information content (AvgIpc) is 2.84. The molecular weight excluding hydrogens is 506 g/mol. The number of nitrogens with zero attached hydrogens (tertiary/aromatic N) is 3. The maximum Gasteiger partial charge on any atom is 0.248 e. The third-order valence-electron chi connectivity index (χ3n) is 6.25. The van der Waals surface area contributed by atoms with Gasteiger partial charge >= 0.3 is 0 Å². The first-order valence-corrected chi connectivity index (χ1v) is 12.9. The van der Waals surface area contributed by atoms with Gasteiger partial charge in [0.1, 0.15) is 17.9 Å². The third kappa shape index (κ3) is 7.02. The molecule has 0 aliphatic carbocycles. The van der Waals surface area contributed by atoms with Crippen LogP contribution >= 0.6 is 15.9 Å². The van der Waals surface area contributed by atoms with E-state index in [1.165, 1.54) is 38.3 Å². The molecule has 4 rings (SSSR count). The summed E-state index contributed by atoms with van der Waals surface area (Å²) < 4.78 is 7.14. The predicted octanol–water partition coefficient (Wildman–Crippen LogP) is 6.15. The van der Waals surface area contributed by atoms with E-state index in [1.807, 2.05) is 43.3 Å². The maximum absolute atomic E-state index is 12.4. The van der Waals surface area contributed by atoms with Crippen molar-refractivity contribution in [3.05, 3.63) is 59.4 Å². The van der Waals surface area contributed by atoms with Crippen LogP contribution in [0.1, 0.15) is 32.6 Å². The summed E-state index contributed by atoms with van der Waals surface area (Å²) in [4.78, 5) is 23.7. The maximum atomic E-state index is 12.4. The number of carbonyl (C=O) groups excluding carboxylic acids is 1. The van der Waals surface area contributed by atoms with Crippen molar-refractivity contribution in [3.63, 3.8) is 0 Å². The highest BCUT2D eigenvalue weighted by atomic mass is 79.9. The number of likely N-dealkylation sites (tertiary alicyclic amines) is 1. The second-order valence-corrected chi connectivity index (χ2v) is 9.87. The van der Waals surface area contributed by atoms with Gasteiger partial charge in [0.15, 0.2) is 0 Å². The Morgan fingerprint density at radius 2 is 2.06 bits per heavy atom. The monoisotopic (exact) mass is 537 g/mol. The topological polar surface area (TPSA) is 79.4 Å². The first-order chi connectivity index (χ1) is 17.0. The summed E-state index contributed by atoms with van der Waals surface area (Å²) in [6.45, 7) is 4.76. The van der Waals surface area contributed by atoms with Crippen molar-refractivity contribution in [3.8, 4) is 5.75 Å². The fourth-order valence-corrected chi connectivity index (χ4v) is 4.73. The Morgan fingerprint density at radius 3 is 2.83 bits per heavy atom. The van der Waals surface area contributed by atoms with E-state index in [0.717, 1.165) is 39.8 Å². The summed E-state index contributed by atoms with van der Waals surface area (Å²) in [6.07, 6.45) is 9.38. The van der Waals surface area contributed by atoms with Gasteiger partial charge in [0.25, 0.3) is 0 Å². The average molecular weight is 538 g/mol. The lowest BCUT2D eigenvalue weighted by molar-refractivity contribution is -0.111. The molecule has 1 fully saturated rings. The Labute approximate surface area is 215 Å². The number of piperidine rings is 1. The molecule has 2 N–H and O–H groups in total. The van der Waals surface area contributed by atoms with Gasteiger partial charge in [-0.15, -0.1) is 0 Å². The standard InChI is InChI=1S/C27H32BrN5O2/c1-3-6-26(34)32-24-16-22-23(29-18-30-27(22)31-21-9-4-8-20(28)15-21)17-25(24)35-14-5-7-19-10-12-33(2)13-11-19/h3-4,6,8-9,15-19H,5,7,10-14H2,1-2H3,(H,32,34)(H,29,30,31). The van der Waals surface area contributed by atoms with E-state index in [4.69, 9.17) is 4.74 Å². The zero-order chi connectivity index (χ0) is 24.6. The van der Waals surface area contributed by atoms with Crippen LogP contribution in [-0.2, 0) is 4.79 Å². The normalized spacial score (nSPS) is 14.9. The number of halogens is 1. The van der Waals surface area contributed by atoms with Crippen molar-refractivity contribution in [1.29, 1.82) is 0 Å². The second-order valence-electron chi connectivity index (χ2n) is 8.95. The van der Waals surface area contributed by atoms with Gasteiger partial charge in [0, 0.05) is 21.6 Å². The minimum absolute atomic E-state index is 0.207. The smallest absolute Gasteiger partial charge is 0.248 e. The lowest BCUT2D eigenvalue weighted by atomic mass is 9.93. The number of benzene rings is 2. The predicted molar refractivity (Wildman–Crippen MR) is 145 cm³/mol. The van der Waals surface area contributed by atoms with E-state index in [2.05, 4.69) is 48.5 Å². The molecule has 184 valence electrons. The van der Waals surface area contributed by atoms with Crippen LogP contribution in [0.5, 0.6) is 5.75 Å². The molecule has 0 spiro atoms. The molecule has 1 aliphatic heterocycles. The van der Waals surface area contributed by atoms with Crippen LogP contribution in [0.25, 0.3) is 10.9 Å². The number of aromatic nitrogens is 2. The fraction of sp³-hybridized carbons (Fsp3) is 0.370. The van der Waals surface area contributed by atoms with E-state index in [1.54, 1.807) is 6.08 Å². The summed E-state index contributed by atoms with van der Waals surface area (Å²) in [6, 6.07) is 11.6. The Morgan fingerprint density at radius 1 is 1.23 bits per heavy atom. The highest BCUT2D eigenvalue weighted by molar-refractivity contribution is 9.10. The van der Waals surface area contributed by atoms with E-state index in [-0.39, 0.29) is 5.91 Å². The Kier molecular flexibility index (Phi) is 8.71. The van der Waals surface area contributed by atoms with Gasteiger partial charge < -0.3 is 20.3 Å². The Balaban J connectivity index is 1.53. The molecule has 3 aromatic rings. The fourth-order valence-electron chi connectivity index (χ4n) is 4.33. The summed E-state index contributed by atoms with van der Waals surface area (Å²) in [5.74, 6) is 1.83. The third-order valence-corrected chi connectivity index (χ3v) is 6.75. The Hall–Kier alpha value is -2.97. The number of anilines is 3. The number of nitrogens with one attached hydrogen (secondary N) is 2. The van der Waals surface area contributed by atoms with Crippen LogP contribution in [-0.4, -0.2) is 47.5 Å². The van der Waals surface area contributed by atoms with Gasteiger partial charge in [-0.25, -0.2) is 9.97 Å². The number of hydrogen-bond donors (Lipinski definition) is 2. The van der Waals surface area contributed by atoms with Crippen LogP contribution in [0.2, 0.25) is 0 Å². The van der Waals surface area contributed by atoms with Crippen LogP contribution in [0, 0.1) is 5.92 Å². The number of hydrogen-bond acceptors (Lipinski definition) is 6. The number of fused-ring (bicyclic) bond motifs is 1. The molecule has 0 atom stereocenters. The SMILES string of the molecule is CC=CC(=O)Nc1cc2c(Nc3cccc(Br)c3)ncnc2cc1OCCCC1CCN(C)CC1. The number of rotatable bonds is 9. The van der Waals surface area contributed by atoms with Crippen LogP contribution in [0.15, 0.2) is 59.4 Å². The molecule has 1 saturated heterocycles. The van der Waals surface area contributed by atoms with Crippen LogP contribution in [0.3, 0.4) is 0 Å². The van der Waals surface area contributed by atoms with Crippen molar-refractivity contribution in [2.24, 2.45) is 5.92 Å². The van der Waals surface area contributed by atoms with Gasteiger partial charge in [-0.1, -0.05) is 28.1 Å². The molecular formula is C27H32BrN5O2. The summed E-state index contributed by atoms with van der Waals surface area (Å²) >= 11 is 3.50. The van der Waals surface area contributed by atoms with E-state index >= 15 is 0 Å². The summed E-state index contributed by atoms with van der Waals surface area (Å²) in [5, 5.41) is 7.10. The zero-order valence-corrected chi connectivity index (χ0v) is 21.8. The Bertz CT molecular complexity index is 1190. The highest BCUT2D eigenvalue weighted by Gasteiger charge is 2.17. The highest BCUT2D eigenvalue weighted by Crippen LogP contribution is 2.34. The molecule has 0 unspecified atom stereocenters. The van der Waals surface area contributed by atoms with Crippen molar-refractivity contribution in [2.75, 3.05) is 37.4 Å². The van der Waals surface area contributed by atoms with Gasteiger partial charge in [-0.05, 0) is 89.0 Å². The number of carbonyl (C=O) groups is 1. The van der Waals surface area contributed by atoms with Crippen molar-refractivity contribution in [2.45, 2.75) is 32.6 Å². The van der Waals surface area contributed by atoms with Crippen molar-refractivity contribution in [1.82, 2.24) is 14.9 Å². The molecule has 8 heteroatoms. The molecule has 0 bridgehead atoms. The largest absolute Gasteiger partial charge is 0.491 e. The van der Waals surface area contributed by atoms with Gasteiger partial charge in [0.2, 0.25) is 5.91 Å². The van der Waals surface area contributed by atoms with E-state index in [9.17, 15) is 4.79 Å². The second kappa shape index (κ2) is 12.1. The van der Waals surface area contributed by atoms with Crippen molar-refractivity contribution >= 4 is 49.9 Å². The first-order valence-electron chi connectivity index (χ1n) is 12.1. The van der Waals surface area contributed by atoms with Crippen LogP contribution < -0.4 is 15.4 Å². The zero-order valence-electron chi connectivity index (χ0n) is 20.3. The van der Waals surface area contributed by atoms with Gasteiger partial charge in [-0.3, -0.25) is 4.79 Å². The van der Waals surface area contributed by atoms with Gasteiger partial charge in [0.05, 0.1) is 17.8 Å². The van der Waals surface area contributed by atoms with Crippen molar-refractivity contribution < 1.29 is 9.53 Å². The number of amides is 1. The van der Waals surface area contributed by atoms with E-state index < -0.39 is 0 Å².